The summed E-state index contributed by atoms with van der Waals surface area (Å²) in [4.78, 5) is 0. The lowest BCUT2D eigenvalue weighted by Crippen LogP contribution is -1.98. The summed E-state index contributed by atoms with van der Waals surface area (Å²) < 4.78 is 12.4. The normalized spacial score (nSPS) is 11.0. The minimum atomic E-state index is 0.450. The van der Waals surface area contributed by atoms with Crippen molar-refractivity contribution in [3.63, 3.8) is 0 Å². The number of allylic oxidation sites excluding steroid dienone is 1. The molecule has 0 aliphatic heterocycles. The van der Waals surface area contributed by atoms with Gasteiger partial charge in [0, 0.05) is 4.47 Å². The number of rotatable bonds is 6. The number of hydrogen-bond acceptors (Lipinski definition) is 3. The average Bonchev–Trinajstić information content (AvgIpc) is 2.72. The molecule has 0 amide bonds. The van der Waals surface area contributed by atoms with E-state index in [1.54, 1.807) is 7.11 Å². The molecule has 0 N–H and O–H groups in total. The van der Waals surface area contributed by atoms with Gasteiger partial charge in [-0.1, -0.05) is 64.0 Å². The molecule has 4 heteroatoms. The minimum Gasteiger partial charge on any atom is -0.493 e. The van der Waals surface area contributed by atoms with Crippen molar-refractivity contribution in [3.05, 3.63) is 93.5 Å². The number of benzene rings is 3. The van der Waals surface area contributed by atoms with Crippen LogP contribution in [0.5, 0.6) is 11.5 Å². The zero-order valence-corrected chi connectivity index (χ0v) is 17.4. The number of aryl methyl sites for hydroxylation is 1. The van der Waals surface area contributed by atoms with E-state index in [0.717, 1.165) is 26.7 Å². The fourth-order valence-corrected chi connectivity index (χ4v) is 2.98. The zero-order valence-electron chi connectivity index (χ0n) is 15.8. The van der Waals surface area contributed by atoms with Crippen molar-refractivity contribution in [2.24, 2.45) is 0 Å². The molecule has 0 atom stereocenters. The van der Waals surface area contributed by atoms with Gasteiger partial charge < -0.3 is 9.47 Å². The maximum Gasteiger partial charge on any atom is 0.161 e. The van der Waals surface area contributed by atoms with Crippen molar-refractivity contribution < 1.29 is 9.47 Å². The largest absolute Gasteiger partial charge is 0.493 e. The molecular formula is C24H20BrNO2. The first-order valence-corrected chi connectivity index (χ1v) is 9.62. The molecule has 3 nitrogen and oxygen atoms in total. The van der Waals surface area contributed by atoms with Crippen LogP contribution in [-0.4, -0.2) is 7.11 Å². The third kappa shape index (κ3) is 5.03. The monoisotopic (exact) mass is 433 g/mol. The highest BCUT2D eigenvalue weighted by Crippen LogP contribution is 2.30. The standard InChI is InChI=1S/C24H20BrNO2/c1-17-3-8-20(9-4-17)21(15-26)13-19-7-12-23(24(14-19)27-2)28-16-18-5-10-22(25)11-6-18/h3-14H,16H2,1-2H3/b21-13+. The highest BCUT2D eigenvalue weighted by molar-refractivity contribution is 9.10. The van der Waals surface area contributed by atoms with Gasteiger partial charge in [-0.2, -0.15) is 5.26 Å². The molecule has 0 saturated heterocycles. The molecule has 0 saturated carbocycles. The number of nitriles is 1. The van der Waals surface area contributed by atoms with E-state index in [9.17, 15) is 5.26 Å². The van der Waals surface area contributed by atoms with E-state index in [1.807, 2.05) is 79.7 Å². The topological polar surface area (TPSA) is 42.2 Å². The molecule has 0 aromatic heterocycles. The lowest BCUT2D eigenvalue weighted by molar-refractivity contribution is 0.284. The number of hydrogen-bond donors (Lipinski definition) is 0. The Balaban J connectivity index is 1.80. The van der Waals surface area contributed by atoms with Gasteiger partial charge in [-0.3, -0.25) is 0 Å². The highest BCUT2D eigenvalue weighted by Gasteiger charge is 2.07. The number of nitrogens with zero attached hydrogens (tertiary/aromatic N) is 1. The first-order chi connectivity index (χ1) is 13.6. The molecule has 3 rings (SSSR count). The van der Waals surface area contributed by atoms with E-state index >= 15 is 0 Å². The molecular weight excluding hydrogens is 414 g/mol. The SMILES string of the molecule is COc1cc(/C=C(\C#N)c2ccc(C)cc2)ccc1OCc1ccc(Br)cc1. The molecule has 0 aliphatic rings. The summed E-state index contributed by atoms with van der Waals surface area (Å²) in [6, 6.07) is 23.8. The summed E-state index contributed by atoms with van der Waals surface area (Å²) in [6.07, 6.45) is 1.85. The Bertz CT molecular complexity index is 1020. The third-order valence-corrected chi connectivity index (χ3v) is 4.82. The quantitative estimate of drug-likeness (QED) is 0.333. The van der Waals surface area contributed by atoms with Gasteiger partial charge in [0.15, 0.2) is 11.5 Å². The fraction of sp³-hybridized carbons (Fsp3) is 0.125. The molecule has 0 unspecified atom stereocenters. The summed E-state index contributed by atoms with van der Waals surface area (Å²) in [6.45, 7) is 2.48. The third-order valence-electron chi connectivity index (χ3n) is 4.29. The Kier molecular flexibility index (Phi) is 6.52. The predicted octanol–water partition coefficient (Wildman–Crippen LogP) is 6.41. The molecule has 0 bridgehead atoms. The van der Waals surface area contributed by atoms with Crippen LogP contribution in [-0.2, 0) is 6.61 Å². The van der Waals surface area contributed by atoms with Crippen LogP contribution in [0, 0.1) is 18.3 Å². The Labute approximate surface area is 174 Å². The summed E-state index contributed by atoms with van der Waals surface area (Å²) >= 11 is 3.43. The van der Waals surface area contributed by atoms with Crippen LogP contribution in [0.4, 0.5) is 0 Å². The summed E-state index contributed by atoms with van der Waals surface area (Å²) in [5.41, 5.74) is 4.61. The van der Waals surface area contributed by atoms with E-state index < -0.39 is 0 Å². The second-order valence-corrected chi connectivity index (χ2v) is 7.28. The first kappa shape index (κ1) is 19.7. The Morgan fingerprint density at radius 2 is 1.71 bits per heavy atom. The lowest BCUT2D eigenvalue weighted by Gasteiger charge is -2.12. The van der Waals surface area contributed by atoms with Gasteiger partial charge in [-0.05, 0) is 54.0 Å². The van der Waals surface area contributed by atoms with Gasteiger partial charge in [0.05, 0.1) is 18.8 Å². The molecule has 140 valence electrons. The van der Waals surface area contributed by atoms with Crippen LogP contribution >= 0.6 is 15.9 Å². The lowest BCUT2D eigenvalue weighted by atomic mass is 10.0. The zero-order chi connectivity index (χ0) is 19.9. The van der Waals surface area contributed by atoms with E-state index in [1.165, 1.54) is 0 Å². The van der Waals surface area contributed by atoms with Gasteiger partial charge in [-0.15, -0.1) is 0 Å². The predicted molar refractivity (Wildman–Crippen MR) is 116 cm³/mol. The maximum absolute atomic E-state index is 9.54. The Morgan fingerprint density at radius 1 is 1.00 bits per heavy atom. The Hall–Kier alpha value is -3.03. The average molecular weight is 434 g/mol. The van der Waals surface area contributed by atoms with E-state index in [2.05, 4.69) is 22.0 Å². The maximum atomic E-state index is 9.54. The van der Waals surface area contributed by atoms with Crippen molar-refractivity contribution in [1.82, 2.24) is 0 Å². The molecule has 0 spiro atoms. The van der Waals surface area contributed by atoms with Crippen LogP contribution in [0.2, 0.25) is 0 Å². The number of halogens is 1. The molecule has 0 fully saturated rings. The van der Waals surface area contributed by atoms with Crippen molar-refractivity contribution in [1.29, 1.82) is 5.26 Å². The molecule has 3 aromatic rings. The molecule has 0 heterocycles. The van der Waals surface area contributed by atoms with Crippen molar-refractivity contribution in [2.45, 2.75) is 13.5 Å². The van der Waals surface area contributed by atoms with E-state index in [4.69, 9.17) is 9.47 Å². The van der Waals surface area contributed by atoms with E-state index in [-0.39, 0.29) is 0 Å². The summed E-state index contributed by atoms with van der Waals surface area (Å²) in [7, 11) is 1.61. The highest BCUT2D eigenvalue weighted by atomic mass is 79.9. The minimum absolute atomic E-state index is 0.450. The fourth-order valence-electron chi connectivity index (χ4n) is 2.71. The second kappa shape index (κ2) is 9.25. The van der Waals surface area contributed by atoms with Crippen LogP contribution in [0.3, 0.4) is 0 Å². The van der Waals surface area contributed by atoms with Crippen LogP contribution in [0.1, 0.15) is 22.3 Å². The second-order valence-electron chi connectivity index (χ2n) is 6.36. The molecule has 0 aliphatic carbocycles. The van der Waals surface area contributed by atoms with Gasteiger partial charge in [0.1, 0.15) is 6.61 Å². The van der Waals surface area contributed by atoms with Crippen LogP contribution in [0.25, 0.3) is 11.6 Å². The van der Waals surface area contributed by atoms with Gasteiger partial charge in [-0.25, -0.2) is 0 Å². The van der Waals surface area contributed by atoms with Gasteiger partial charge in [0.25, 0.3) is 0 Å². The van der Waals surface area contributed by atoms with Crippen LogP contribution in [0.15, 0.2) is 71.2 Å². The van der Waals surface area contributed by atoms with Crippen molar-refractivity contribution >= 4 is 27.6 Å². The van der Waals surface area contributed by atoms with Gasteiger partial charge >= 0.3 is 0 Å². The van der Waals surface area contributed by atoms with Crippen molar-refractivity contribution in [3.8, 4) is 17.6 Å². The van der Waals surface area contributed by atoms with Gasteiger partial charge in [0.2, 0.25) is 0 Å². The molecule has 3 aromatic carbocycles. The van der Waals surface area contributed by atoms with E-state index in [0.29, 0.717) is 23.7 Å². The summed E-state index contributed by atoms with van der Waals surface area (Å²) in [5, 5.41) is 9.54. The smallest absolute Gasteiger partial charge is 0.161 e. The summed E-state index contributed by atoms with van der Waals surface area (Å²) in [5.74, 6) is 1.29. The first-order valence-electron chi connectivity index (χ1n) is 8.83. The molecule has 0 radical (unpaired) electrons. The number of methoxy groups -OCH3 is 1. The molecule has 28 heavy (non-hydrogen) atoms. The number of ether oxygens (including phenoxy) is 2. The Morgan fingerprint density at radius 3 is 2.36 bits per heavy atom. The van der Waals surface area contributed by atoms with Crippen molar-refractivity contribution in [2.75, 3.05) is 7.11 Å². The van der Waals surface area contributed by atoms with Crippen LogP contribution < -0.4 is 9.47 Å².